The van der Waals surface area contributed by atoms with E-state index in [0.717, 1.165) is 0 Å². The summed E-state index contributed by atoms with van der Waals surface area (Å²) in [6, 6.07) is 0. The number of hydrogen-bond donors (Lipinski definition) is 5. The van der Waals surface area contributed by atoms with Crippen LogP contribution in [0.1, 0.15) is 0 Å². The average molecular weight is 272 g/mol. The summed E-state index contributed by atoms with van der Waals surface area (Å²) in [6.45, 7) is 0. The van der Waals surface area contributed by atoms with E-state index in [9.17, 15) is 24.6 Å². The maximum atomic E-state index is 10.3. The van der Waals surface area contributed by atoms with Crippen molar-refractivity contribution in [1.82, 2.24) is 0 Å². The predicted molar refractivity (Wildman–Crippen MR) is 61.3 cm³/mol. The first kappa shape index (κ1) is 16.6. The van der Waals surface area contributed by atoms with Crippen LogP contribution in [0.15, 0.2) is 36.5 Å². The van der Waals surface area contributed by atoms with Gasteiger partial charge in [-0.25, -0.2) is 14.4 Å². The van der Waals surface area contributed by atoms with Crippen molar-refractivity contribution in [1.29, 1.82) is 0 Å². The first-order valence-corrected chi connectivity index (χ1v) is 4.83. The zero-order valence-corrected chi connectivity index (χ0v) is 9.50. The standard InChI is InChI=1S/C11H12O8/c12-7(1-2-8(13)14)11(19,5-3-9(15)16)6-4-10(17)18/h1-7,12,19H,(H,13,14)(H,15,16)(H,17,18). The van der Waals surface area contributed by atoms with E-state index in [4.69, 9.17) is 15.3 Å². The van der Waals surface area contributed by atoms with Gasteiger partial charge in [-0.15, -0.1) is 0 Å². The highest BCUT2D eigenvalue weighted by Gasteiger charge is 2.29. The summed E-state index contributed by atoms with van der Waals surface area (Å²) in [5.74, 6) is -4.26. The zero-order chi connectivity index (χ0) is 15.1. The van der Waals surface area contributed by atoms with Crippen molar-refractivity contribution in [3.63, 3.8) is 0 Å². The summed E-state index contributed by atoms with van der Waals surface area (Å²) >= 11 is 0. The van der Waals surface area contributed by atoms with Gasteiger partial charge in [0.15, 0.2) is 0 Å². The van der Waals surface area contributed by atoms with E-state index in [2.05, 4.69) is 0 Å². The first-order valence-electron chi connectivity index (χ1n) is 4.83. The summed E-state index contributed by atoms with van der Waals surface area (Å²) in [6.07, 6.45) is 1.61. The van der Waals surface area contributed by atoms with E-state index >= 15 is 0 Å². The van der Waals surface area contributed by atoms with Crippen molar-refractivity contribution >= 4 is 17.9 Å². The fourth-order valence-electron chi connectivity index (χ4n) is 0.990. The molecule has 0 amide bonds. The third kappa shape index (κ3) is 6.76. The van der Waals surface area contributed by atoms with E-state index in [0.29, 0.717) is 36.5 Å². The summed E-state index contributed by atoms with van der Waals surface area (Å²) in [5, 5.41) is 44.7. The van der Waals surface area contributed by atoms with Crippen LogP contribution in [-0.2, 0) is 14.4 Å². The molecule has 8 nitrogen and oxygen atoms in total. The minimum atomic E-state index is -2.36. The Hall–Kier alpha value is -2.45. The Bertz CT molecular complexity index is 422. The van der Waals surface area contributed by atoms with Gasteiger partial charge in [-0.3, -0.25) is 0 Å². The lowest BCUT2D eigenvalue weighted by Gasteiger charge is -2.24. The Labute approximate surface area is 107 Å². The molecule has 0 spiro atoms. The van der Waals surface area contributed by atoms with Gasteiger partial charge >= 0.3 is 17.9 Å². The van der Waals surface area contributed by atoms with Gasteiger partial charge in [-0.05, 0) is 18.2 Å². The van der Waals surface area contributed by atoms with Crippen LogP contribution in [0, 0.1) is 0 Å². The molecule has 0 aromatic rings. The number of aliphatic hydroxyl groups is 2. The van der Waals surface area contributed by atoms with Gasteiger partial charge < -0.3 is 25.5 Å². The molecule has 0 heterocycles. The molecule has 8 heteroatoms. The topological polar surface area (TPSA) is 152 Å². The number of aliphatic hydroxyl groups excluding tert-OH is 1. The van der Waals surface area contributed by atoms with Crippen molar-refractivity contribution in [2.24, 2.45) is 0 Å². The normalized spacial score (nSPS) is 16.7. The predicted octanol–water partition coefficient (Wildman–Crippen LogP) is -0.999. The van der Waals surface area contributed by atoms with E-state index in [-0.39, 0.29) is 0 Å². The summed E-state index contributed by atoms with van der Waals surface area (Å²) < 4.78 is 0. The number of aliphatic carboxylic acids is 3. The van der Waals surface area contributed by atoms with Crippen LogP contribution in [0.5, 0.6) is 0 Å². The van der Waals surface area contributed by atoms with Crippen molar-refractivity contribution in [2.45, 2.75) is 11.7 Å². The molecule has 19 heavy (non-hydrogen) atoms. The molecule has 0 aliphatic rings. The molecule has 0 aliphatic heterocycles. The number of carboxylic acids is 3. The van der Waals surface area contributed by atoms with Crippen LogP contribution in [-0.4, -0.2) is 55.1 Å². The van der Waals surface area contributed by atoms with Crippen LogP contribution in [0.25, 0.3) is 0 Å². The van der Waals surface area contributed by atoms with Crippen LogP contribution in [0.2, 0.25) is 0 Å². The van der Waals surface area contributed by atoms with Gasteiger partial charge in [-0.1, -0.05) is 0 Å². The molecule has 0 aromatic heterocycles. The largest absolute Gasteiger partial charge is 0.478 e. The van der Waals surface area contributed by atoms with Crippen LogP contribution < -0.4 is 0 Å². The molecule has 0 bridgehead atoms. The summed E-state index contributed by atoms with van der Waals surface area (Å²) in [5.41, 5.74) is -2.36. The minimum absolute atomic E-state index is 0.490. The molecule has 0 radical (unpaired) electrons. The second-order valence-corrected chi connectivity index (χ2v) is 3.37. The number of carboxylic acid groups (broad SMARTS) is 3. The minimum Gasteiger partial charge on any atom is -0.478 e. The third-order valence-electron chi connectivity index (χ3n) is 1.88. The smallest absolute Gasteiger partial charge is 0.328 e. The molecule has 0 aromatic carbocycles. The number of rotatable bonds is 7. The van der Waals surface area contributed by atoms with Crippen LogP contribution in [0.3, 0.4) is 0 Å². The van der Waals surface area contributed by atoms with Gasteiger partial charge in [0.2, 0.25) is 0 Å². The van der Waals surface area contributed by atoms with Gasteiger partial charge in [0.05, 0.1) is 0 Å². The van der Waals surface area contributed by atoms with Gasteiger partial charge in [-0.2, -0.15) is 0 Å². The van der Waals surface area contributed by atoms with Crippen LogP contribution in [0.4, 0.5) is 0 Å². The Kier molecular flexibility index (Phi) is 6.17. The highest BCUT2D eigenvalue weighted by molar-refractivity contribution is 5.82. The fraction of sp³-hybridized carbons (Fsp3) is 0.182. The molecular weight excluding hydrogens is 260 g/mol. The second kappa shape index (κ2) is 7.09. The summed E-state index contributed by atoms with van der Waals surface area (Å²) in [7, 11) is 0. The van der Waals surface area contributed by atoms with Gasteiger partial charge in [0.25, 0.3) is 0 Å². The lowest BCUT2D eigenvalue weighted by atomic mass is 9.94. The fourth-order valence-corrected chi connectivity index (χ4v) is 0.990. The van der Waals surface area contributed by atoms with Gasteiger partial charge in [0.1, 0.15) is 11.7 Å². The Morgan fingerprint density at radius 1 is 0.842 bits per heavy atom. The van der Waals surface area contributed by atoms with Crippen molar-refractivity contribution in [3.8, 4) is 0 Å². The van der Waals surface area contributed by atoms with Crippen molar-refractivity contribution in [3.05, 3.63) is 36.5 Å². The second-order valence-electron chi connectivity index (χ2n) is 3.37. The molecule has 0 aliphatic carbocycles. The van der Waals surface area contributed by atoms with Crippen LogP contribution >= 0.6 is 0 Å². The Morgan fingerprint density at radius 2 is 1.21 bits per heavy atom. The molecule has 5 N–H and O–H groups in total. The van der Waals surface area contributed by atoms with E-state index < -0.39 is 29.6 Å². The van der Waals surface area contributed by atoms with Crippen molar-refractivity contribution < 1.29 is 39.9 Å². The number of hydrogen-bond acceptors (Lipinski definition) is 5. The van der Waals surface area contributed by atoms with Crippen molar-refractivity contribution in [2.75, 3.05) is 0 Å². The lowest BCUT2D eigenvalue weighted by Crippen LogP contribution is -2.37. The molecule has 1 atom stereocenters. The maximum Gasteiger partial charge on any atom is 0.328 e. The zero-order valence-electron chi connectivity index (χ0n) is 9.50. The highest BCUT2D eigenvalue weighted by Crippen LogP contribution is 2.16. The van der Waals surface area contributed by atoms with E-state index in [1.165, 1.54) is 0 Å². The molecular formula is C11H12O8. The third-order valence-corrected chi connectivity index (χ3v) is 1.88. The van der Waals surface area contributed by atoms with E-state index in [1.807, 2.05) is 0 Å². The monoisotopic (exact) mass is 272 g/mol. The first-order chi connectivity index (χ1) is 8.67. The Morgan fingerprint density at radius 3 is 1.53 bits per heavy atom. The maximum absolute atomic E-state index is 10.3. The molecule has 1 unspecified atom stereocenters. The summed E-state index contributed by atoms with van der Waals surface area (Å²) in [4.78, 5) is 30.9. The highest BCUT2D eigenvalue weighted by atomic mass is 16.4. The SMILES string of the molecule is O=C(O)C=CC(O)C(O)(C=CC(=O)O)C=CC(=O)O. The van der Waals surface area contributed by atoms with E-state index in [1.54, 1.807) is 0 Å². The quantitative estimate of drug-likeness (QED) is 0.370. The number of carbonyl (C=O) groups is 3. The Balaban J connectivity index is 5.30. The molecule has 0 saturated carbocycles. The average Bonchev–Trinajstić information content (AvgIpc) is 2.30. The molecule has 0 rings (SSSR count). The molecule has 0 fully saturated rings. The molecule has 0 saturated heterocycles. The lowest BCUT2D eigenvalue weighted by molar-refractivity contribution is -0.132. The molecule has 104 valence electrons. The van der Waals surface area contributed by atoms with Gasteiger partial charge in [0, 0.05) is 18.2 Å².